The molecule has 2 rings (SSSR count). The van der Waals surface area contributed by atoms with E-state index >= 15 is 0 Å². The van der Waals surface area contributed by atoms with Crippen LogP contribution in [0, 0.1) is 5.82 Å². The highest BCUT2D eigenvalue weighted by Gasteiger charge is 2.08. The Morgan fingerprint density at radius 3 is 2.71 bits per heavy atom. The van der Waals surface area contributed by atoms with Crippen LogP contribution in [0.2, 0.25) is 5.02 Å². The number of benzene rings is 2. The molecule has 0 aliphatic heterocycles. The van der Waals surface area contributed by atoms with Gasteiger partial charge in [-0.15, -0.1) is 0 Å². The summed E-state index contributed by atoms with van der Waals surface area (Å²) < 4.78 is 23.8. The molecule has 0 heterocycles. The van der Waals surface area contributed by atoms with Gasteiger partial charge in [0.05, 0.1) is 18.3 Å². The molecule has 0 spiro atoms. The molecule has 1 N–H and O–H groups in total. The van der Waals surface area contributed by atoms with E-state index in [2.05, 4.69) is 5.16 Å². The topological polar surface area (TPSA) is 51.0 Å². The summed E-state index contributed by atoms with van der Waals surface area (Å²) in [6.45, 7) is 0.162. The lowest BCUT2D eigenvalue weighted by atomic mass is 10.2. The zero-order valence-electron chi connectivity index (χ0n) is 11.2. The zero-order chi connectivity index (χ0) is 15.2. The maximum atomic E-state index is 13.0. The van der Waals surface area contributed by atoms with Crippen molar-refractivity contribution in [3.8, 4) is 11.5 Å². The van der Waals surface area contributed by atoms with Crippen LogP contribution in [0.4, 0.5) is 4.39 Å². The highest BCUT2D eigenvalue weighted by Crippen LogP contribution is 2.29. The molecular formula is C15H13ClFNO3. The van der Waals surface area contributed by atoms with E-state index in [1.807, 2.05) is 0 Å². The summed E-state index contributed by atoms with van der Waals surface area (Å²) in [6, 6.07) is 9.18. The van der Waals surface area contributed by atoms with Crippen molar-refractivity contribution in [2.24, 2.45) is 5.16 Å². The number of ether oxygens (including phenoxy) is 2. The Morgan fingerprint density at radius 2 is 2.05 bits per heavy atom. The lowest BCUT2D eigenvalue weighted by Gasteiger charge is -2.12. The molecule has 21 heavy (non-hydrogen) atoms. The smallest absolute Gasteiger partial charge is 0.162 e. The Labute approximate surface area is 126 Å². The van der Waals surface area contributed by atoms with Gasteiger partial charge in [-0.3, -0.25) is 0 Å². The van der Waals surface area contributed by atoms with Crippen LogP contribution >= 0.6 is 11.6 Å². The first-order valence-electron chi connectivity index (χ1n) is 6.06. The van der Waals surface area contributed by atoms with E-state index < -0.39 is 5.82 Å². The van der Waals surface area contributed by atoms with E-state index in [0.717, 1.165) is 0 Å². The fourth-order valence-corrected chi connectivity index (χ4v) is 1.97. The van der Waals surface area contributed by atoms with Gasteiger partial charge in [-0.1, -0.05) is 22.8 Å². The lowest BCUT2D eigenvalue weighted by molar-refractivity contribution is 0.284. The first kappa shape index (κ1) is 15.1. The molecule has 0 bridgehead atoms. The van der Waals surface area contributed by atoms with Gasteiger partial charge in [0.25, 0.3) is 0 Å². The fourth-order valence-electron chi connectivity index (χ4n) is 1.75. The van der Waals surface area contributed by atoms with Crippen LogP contribution in [0.25, 0.3) is 0 Å². The van der Waals surface area contributed by atoms with Crippen LogP contribution in [-0.4, -0.2) is 18.5 Å². The third kappa shape index (κ3) is 3.86. The summed E-state index contributed by atoms with van der Waals surface area (Å²) in [5.41, 5.74) is 1.31. The summed E-state index contributed by atoms with van der Waals surface area (Å²) in [7, 11) is 1.52. The number of hydrogen-bond acceptors (Lipinski definition) is 4. The first-order chi connectivity index (χ1) is 10.1. The Morgan fingerprint density at radius 1 is 1.24 bits per heavy atom. The summed E-state index contributed by atoms with van der Waals surface area (Å²) >= 11 is 5.94. The predicted octanol–water partition coefficient (Wildman–Crippen LogP) is 3.87. The second-order valence-electron chi connectivity index (χ2n) is 4.18. The van der Waals surface area contributed by atoms with Crippen molar-refractivity contribution < 1.29 is 19.1 Å². The number of nitrogens with zero attached hydrogens (tertiary/aromatic N) is 1. The van der Waals surface area contributed by atoms with Gasteiger partial charge in [0, 0.05) is 11.1 Å². The van der Waals surface area contributed by atoms with Crippen molar-refractivity contribution in [2.75, 3.05) is 7.11 Å². The number of hydrogen-bond donors (Lipinski definition) is 1. The van der Waals surface area contributed by atoms with Crippen molar-refractivity contribution >= 4 is 17.8 Å². The Hall–Kier alpha value is -2.27. The number of oxime groups is 1. The molecular weight excluding hydrogens is 297 g/mol. The highest BCUT2D eigenvalue weighted by atomic mass is 35.5. The molecule has 6 heteroatoms. The maximum absolute atomic E-state index is 13.0. The molecule has 0 aliphatic carbocycles. The molecule has 0 aromatic heterocycles. The van der Waals surface area contributed by atoms with Crippen molar-refractivity contribution in [3.63, 3.8) is 0 Å². The average Bonchev–Trinajstić information content (AvgIpc) is 2.47. The molecule has 0 amide bonds. The Kier molecular flexibility index (Phi) is 5.00. The minimum absolute atomic E-state index is 0.162. The molecule has 2 aromatic rings. The van der Waals surface area contributed by atoms with Gasteiger partial charge in [-0.25, -0.2) is 4.39 Å². The van der Waals surface area contributed by atoms with E-state index in [4.69, 9.17) is 26.3 Å². The largest absolute Gasteiger partial charge is 0.493 e. The number of rotatable bonds is 5. The van der Waals surface area contributed by atoms with E-state index in [0.29, 0.717) is 27.6 Å². The van der Waals surface area contributed by atoms with E-state index in [1.165, 1.54) is 25.5 Å². The van der Waals surface area contributed by atoms with Gasteiger partial charge in [0.15, 0.2) is 11.5 Å². The van der Waals surface area contributed by atoms with Gasteiger partial charge in [0.1, 0.15) is 12.4 Å². The van der Waals surface area contributed by atoms with Gasteiger partial charge in [-0.05, 0) is 30.3 Å². The van der Waals surface area contributed by atoms with Crippen LogP contribution in [-0.2, 0) is 6.61 Å². The molecule has 0 atom stereocenters. The number of methoxy groups -OCH3 is 1. The molecule has 2 aromatic carbocycles. The van der Waals surface area contributed by atoms with Crippen molar-refractivity contribution in [1.29, 1.82) is 0 Å². The second-order valence-corrected chi connectivity index (χ2v) is 4.59. The van der Waals surface area contributed by atoms with Crippen molar-refractivity contribution in [3.05, 3.63) is 58.4 Å². The minimum Gasteiger partial charge on any atom is -0.493 e. The van der Waals surface area contributed by atoms with Gasteiger partial charge < -0.3 is 14.7 Å². The normalized spacial score (nSPS) is 10.8. The summed E-state index contributed by atoms with van der Waals surface area (Å²) in [4.78, 5) is 0. The Balaban J connectivity index is 2.20. The summed E-state index contributed by atoms with van der Waals surface area (Å²) in [5, 5.41) is 11.8. The molecule has 0 saturated heterocycles. The predicted molar refractivity (Wildman–Crippen MR) is 78.1 cm³/mol. The molecule has 0 fully saturated rings. The molecule has 0 aliphatic rings. The third-order valence-corrected chi connectivity index (χ3v) is 3.14. The van der Waals surface area contributed by atoms with Gasteiger partial charge in [-0.2, -0.15) is 0 Å². The van der Waals surface area contributed by atoms with E-state index in [-0.39, 0.29) is 6.61 Å². The molecule has 110 valence electrons. The van der Waals surface area contributed by atoms with E-state index in [1.54, 1.807) is 24.3 Å². The van der Waals surface area contributed by atoms with Crippen LogP contribution < -0.4 is 9.47 Å². The molecule has 4 nitrogen and oxygen atoms in total. The molecule has 0 unspecified atom stereocenters. The monoisotopic (exact) mass is 309 g/mol. The highest BCUT2D eigenvalue weighted by molar-refractivity contribution is 6.31. The van der Waals surface area contributed by atoms with Crippen LogP contribution in [0.1, 0.15) is 11.1 Å². The van der Waals surface area contributed by atoms with Crippen LogP contribution in [0.3, 0.4) is 0 Å². The van der Waals surface area contributed by atoms with Gasteiger partial charge >= 0.3 is 0 Å². The standard InChI is InChI=1S/C15H13ClFNO3/c1-20-14-5-2-10(8-18-19)6-15(14)21-9-11-3-4-12(17)7-13(11)16/h2-8,19H,9H2,1H3/b18-8-. The molecule has 0 radical (unpaired) electrons. The van der Waals surface area contributed by atoms with Crippen molar-refractivity contribution in [2.45, 2.75) is 6.61 Å². The fraction of sp³-hybridized carbons (Fsp3) is 0.133. The summed E-state index contributed by atoms with van der Waals surface area (Å²) in [5.74, 6) is 0.598. The minimum atomic E-state index is -0.400. The van der Waals surface area contributed by atoms with Crippen LogP contribution in [0.5, 0.6) is 11.5 Å². The van der Waals surface area contributed by atoms with Crippen LogP contribution in [0.15, 0.2) is 41.6 Å². The lowest BCUT2D eigenvalue weighted by Crippen LogP contribution is -1.99. The second kappa shape index (κ2) is 6.95. The van der Waals surface area contributed by atoms with E-state index in [9.17, 15) is 4.39 Å². The summed E-state index contributed by atoms with van der Waals surface area (Å²) in [6.07, 6.45) is 1.27. The molecule has 0 saturated carbocycles. The SMILES string of the molecule is COc1ccc(/C=N\O)cc1OCc1ccc(F)cc1Cl. The zero-order valence-corrected chi connectivity index (χ0v) is 12.0. The van der Waals surface area contributed by atoms with Gasteiger partial charge in [0.2, 0.25) is 0 Å². The number of halogens is 2. The first-order valence-corrected chi connectivity index (χ1v) is 6.44. The maximum Gasteiger partial charge on any atom is 0.162 e. The Bertz CT molecular complexity index is 661. The van der Waals surface area contributed by atoms with Crippen molar-refractivity contribution in [1.82, 2.24) is 0 Å². The quantitative estimate of drug-likeness (QED) is 0.518. The third-order valence-electron chi connectivity index (χ3n) is 2.79. The average molecular weight is 310 g/mol.